The Kier molecular flexibility index (Phi) is 8.68. The van der Waals surface area contributed by atoms with Crippen molar-refractivity contribution >= 4 is 21.8 Å². The van der Waals surface area contributed by atoms with Gasteiger partial charge >= 0.3 is 6.09 Å². The predicted molar refractivity (Wildman–Crippen MR) is 175 cm³/mol. The number of anilines is 1. The summed E-state index contributed by atoms with van der Waals surface area (Å²) in [5.41, 5.74) is 1.18. The van der Waals surface area contributed by atoms with Crippen LogP contribution in [0.2, 0.25) is 0 Å². The zero-order valence-electron chi connectivity index (χ0n) is 27.8. The van der Waals surface area contributed by atoms with Gasteiger partial charge in [0.1, 0.15) is 0 Å². The number of hydrogen-bond acceptors (Lipinski definition) is 8. The van der Waals surface area contributed by atoms with Gasteiger partial charge in [0.2, 0.25) is 0 Å². The third-order valence-electron chi connectivity index (χ3n) is 14.1. The zero-order chi connectivity index (χ0) is 32.4. The number of sulfonamides is 1. The number of morpholine rings is 1. The van der Waals surface area contributed by atoms with Gasteiger partial charge in [0.25, 0.3) is 10.0 Å². The average molecular weight is 659 g/mol. The number of nitrogens with zero attached hydrogens (tertiary/aromatic N) is 1. The Labute approximate surface area is 274 Å². The molecule has 9 nitrogen and oxygen atoms in total. The van der Waals surface area contributed by atoms with Crippen LogP contribution in [0.1, 0.15) is 91.4 Å². The molecule has 2 aliphatic heterocycles. The molecule has 0 unspecified atom stereocenters. The van der Waals surface area contributed by atoms with E-state index in [-0.39, 0.29) is 58.6 Å². The molecule has 0 radical (unpaired) electrons. The molecule has 0 spiro atoms. The summed E-state index contributed by atoms with van der Waals surface area (Å²) in [7, 11) is -4.05. The Balaban J connectivity index is 0.945. The summed E-state index contributed by atoms with van der Waals surface area (Å²) in [6.45, 7) is 8.81. The Hall–Kier alpha value is -1.88. The first kappa shape index (κ1) is 32.7. The van der Waals surface area contributed by atoms with Crippen LogP contribution in [0.5, 0.6) is 0 Å². The average Bonchev–Trinajstić information content (AvgIpc) is 3.55. The summed E-state index contributed by atoms with van der Waals surface area (Å²) in [6.07, 6.45) is 9.72. The van der Waals surface area contributed by atoms with Crippen molar-refractivity contribution < 1.29 is 32.9 Å². The van der Waals surface area contributed by atoms with Crippen LogP contribution in [0.3, 0.4) is 0 Å². The molecule has 10 heteroatoms. The van der Waals surface area contributed by atoms with Gasteiger partial charge in [0.05, 0.1) is 35.9 Å². The van der Waals surface area contributed by atoms with Crippen LogP contribution in [0.4, 0.5) is 10.5 Å². The van der Waals surface area contributed by atoms with Crippen LogP contribution in [0, 0.1) is 46.3 Å². The minimum Gasteiger partial charge on any atom is -0.449 e. The fourth-order valence-electron chi connectivity index (χ4n) is 11.7. The van der Waals surface area contributed by atoms with Gasteiger partial charge in [0, 0.05) is 18.8 Å². The summed E-state index contributed by atoms with van der Waals surface area (Å²) in [5, 5.41) is 22.4. The number of nitrogens with one attached hydrogen (secondary N) is 1. The van der Waals surface area contributed by atoms with Crippen molar-refractivity contribution in [3.05, 3.63) is 24.3 Å². The first-order valence-corrected chi connectivity index (χ1v) is 19.5. The molecule has 6 fully saturated rings. The maximum atomic E-state index is 13.0. The fraction of sp³-hybridized carbons (Fsp3) is 0.806. The van der Waals surface area contributed by atoms with Gasteiger partial charge < -0.3 is 24.6 Å². The van der Waals surface area contributed by atoms with Gasteiger partial charge in [-0.1, -0.05) is 27.2 Å². The van der Waals surface area contributed by atoms with E-state index in [0.29, 0.717) is 30.1 Å². The molecule has 4 aliphatic carbocycles. The predicted octanol–water partition coefficient (Wildman–Crippen LogP) is 5.49. The normalized spacial score (nSPS) is 43.4. The Morgan fingerprint density at radius 1 is 0.957 bits per heavy atom. The van der Waals surface area contributed by atoms with E-state index in [0.717, 1.165) is 83.0 Å². The zero-order valence-corrected chi connectivity index (χ0v) is 28.6. The summed E-state index contributed by atoms with van der Waals surface area (Å²) >= 11 is 0. The quantitative estimate of drug-likeness (QED) is 0.352. The van der Waals surface area contributed by atoms with Crippen molar-refractivity contribution in [2.24, 2.45) is 46.3 Å². The second kappa shape index (κ2) is 12.2. The van der Waals surface area contributed by atoms with Crippen LogP contribution >= 0.6 is 0 Å². The second-order valence-electron chi connectivity index (χ2n) is 16.1. The molecular formula is C36H54N2O7S. The molecule has 7 rings (SSSR count). The number of hydrogen-bond donors (Lipinski definition) is 3. The largest absolute Gasteiger partial charge is 0.449 e. The van der Waals surface area contributed by atoms with Gasteiger partial charge in [-0.05, 0) is 135 Å². The van der Waals surface area contributed by atoms with Crippen molar-refractivity contribution in [3.63, 3.8) is 0 Å². The van der Waals surface area contributed by atoms with E-state index in [9.17, 15) is 23.4 Å². The van der Waals surface area contributed by atoms with Gasteiger partial charge in [-0.15, -0.1) is 0 Å². The number of ether oxygens (including phenoxy) is 2. The third kappa shape index (κ3) is 5.57. The van der Waals surface area contributed by atoms with Crippen LogP contribution < -0.4 is 9.62 Å². The van der Waals surface area contributed by atoms with E-state index >= 15 is 0 Å². The molecule has 256 valence electrons. The Bertz CT molecular complexity index is 1380. The minimum absolute atomic E-state index is 0.0344. The number of amides is 1. The molecule has 12 atom stereocenters. The SMILES string of the molecule is CC[C@H]1[C@@H](O)[C@@H]2[C@H](CC[C@]3(C)[C@@H](CCOC(=O)NS(=O)(=O)c4ccc(N5C[C@H]6CC[C@@H](C5)O6)cc4)CC[C@@H]23)[C@@]2(C)CC[C@@H](O)C[C@@H]12. The molecule has 2 bridgehead atoms. The van der Waals surface area contributed by atoms with Gasteiger partial charge in [-0.25, -0.2) is 17.9 Å². The summed E-state index contributed by atoms with van der Waals surface area (Å²) in [5.74, 6) is 2.13. The summed E-state index contributed by atoms with van der Waals surface area (Å²) < 4.78 is 39.4. The van der Waals surface area contributed by atoms with E-state index < -0.39 is 16.1 Å². The fourth-order valence-corrected chi connectivity index (χ4v) is 12.6. The van der Waals surface area contributed by atoms with Crippen molar-refractivity contribution in [1.29, 1.82) is 0 Å². The van der Waals surface area contributed by atoms with Gasteiger partial charge in [-0.2, -0.15) is 0 Å². The number of aliphatic hydroxyl groups excluding tert-OH is 2. The highest BCUT2D eigenvalue weighted by atomic mass is 32.2. The Morgan fingerprint density at radius 3 is 2.33 bits per heavy atom. The maximum absolute atomic E-state index is 13.0. The molecule has 1 aromatic carbocycles. The van der Waals surface area contributed by atoms with Crippen LogP contribution in [0.15, 0.2) is 29.2 Å². The maximum Gasteiger partial charge on any atom is 0.421 e. The Morgan fingerprint density at radius 2 is 1.63 bits per heavy atom. The number of fused-ring (bicyclic) bond motifs is 7. The molecule has 2 heterocycles. The van der Waals surface area contributed by atoms with Crippen LogP contribution in [0.25, 0.3) is 0 Å². The summed E-state index contributed by atoms with van der Waals surface area (Å²) in [6, 6.07) is 6.67. The number of rotatable bonds is 7. The van der Waals surface area contributed by atoms with Crippen molar-refractivity contribution in [2.45, 2.75) is 121 Å². The molecular weight excluding hydrogens is 604 g/mol. The lowest BCUT2D eigenvalue weighted by Crippen LogP contribution is -2.62. The molecule has 4 saturated carbocycles. The van der Waals surface area contributed by atoms with Gasteiger partial charge in [0.15, 0.2) is 0 Å². The van der Waals surface area contributed by atoms with E-state index in [4.69, 9.17) is 9.47 Å². The standard InChI is InChI=1S/C36H54N2O7S/c1-4-28-31-19-24(39)13-16-36(31,3)30-14-17-35(2)22(5-12-29(35)32(30)33(28)40)15-18-44-34(41)37-46(42,43)27-10-6-23(7-11-27)38-20-25-8-9-26(21-38)45-25/h6-7,10-11,22,24-26,28-33,39-40H,4-5,8-9,12-21H2,1-3H3,(H,37,41)/t22-,24-,25-,26+,28-,29+,30+,31+,32+,33-,35-,36-/m1/s1. The molecule has 2 saturated heterocycles. The lowest BCUT2D eigenvalue weighted by molar-refractivity contribution is -0.202. The number of aliphatic hydroxyl groups is 2. The van der Waals surface area contributed by atoms with E-state index in [2.05, 4.69) is 30.4 Å². The van der Waals surface area contributed by atoms with Crippen molar-refractivity contribution in [3.8, 4) is 0 Å². The molecule has 6 aliphatic rings. The molecule has 3 N–H and O–H groups in total. The smallest absolute Gasteiger partial charge is 0.421 e. The minimum atomic E-state index is -4.05. The lowest BCUT2D eigenvalue weighted by atomic mass is 9.41. The van der Waals surface area contributed by atoms with E-state index in [1.165, 1.54) is 0 Å². The van der Waals surface area contributed by atoms with Crippen LogP contribution in [-0.4, -0.2) is 68.8 Å². The number of carbonyl (C=O) groups excluding carboxylic acids is 1. The number of benzene rings is 1. The lowest BCUT2D eigenvalue weighted by Gasteiger charge is -2.64. The summed E-state index contributed by atoms with van der Waals surface area (Å²) in [4.78, 5) is 14.9. The number of carbonyl (C=O) groups is 1. The van der Waals surface area contributed by atoms with Crippen molar-refractivity contribution in [2.75, 3.05) is 24.6 Å². The van der Waals surface area contributed by atoms with E-state index in [1.807, 2.05) is 0 Å². The van der Waals surface area contributed by atoms with Crippen LogP contribution in [-0.2, 0) is 19.5 Å². The van der Waals surface area contributed by atoms with Crippen molar-refractivity contribution in [1.82, 2.24) is 4.72 Å². The monoisotopic (exact) mass is 658 g/mol. The topological polar surface area (TPSA) is 125 Å². The van der Waals surface area contributed by atoms with E-state index in [1.54, 1.807) is 24.3 Å². The molecule has 1 aromatic rings. The highest BCUT2D eigenvalue weighted by Gasteiger charge is 2.64. The molecule has 46 heavy (non-hydrogen) atoms. The molecule has 0 aromatic heterocycles. The van der Waals surface area contributed by atoms with Gasteiger partial charge in [-0.3, -0.25) is 0 Å². The first-order chi connectivity index (χ1) is 21.9. The second-order valence-corrected chi connectivity index (χ2v) is 17.8. The highest BCUT2D eigenvalue weighted by Crippen LogP contribution is 2.69. The molecule has 1 amide bonds. The highest BCUT2D eigenvalue weighted by molar-refractivity contribution is 7.90. The first-order valence-electron chi connectivity index (χ1n) is 18.0. The third-order valence-corrected chi connectivity index (χ3v) is 15.4.